The zero-order valence-electron chi connectivity index (χ0n) is 9.19. The first-order valence-corrected chi connectivity index (χ1v) is 6.63. The Morgan fingerprint density at radius 2 is 2.27 bits per heavy atom. The molecule has 90 valence electrons. The fourth-order valence-electron chi connectivity index (χ4n) is 0.969. The highest BCUT2D eigenvalue weighted by Gasteiger charge is 2.10. The van der Waals surface area contributed by atoms with E-state index >= 15 is 0 Å². The molecule has 0 spiro atoms. The van der Waals surface area contributed by atoms with Gasteiger partial charge in [0.1, 0.15) is 0 Å². The molecule has 2 N–H and O–H groups in total. The van der Waals surface area contributed by atoms with Crippen molar-refractivity contribution in [1.29, 1.82) is 0 Å². The number of ether oxygens (including phenoxy) is 1. The molecule has 0 aromatic heterocycles. The van der Waals surface area contributed by atoms with Gasteiger partial charge in [0.25, 0.3) is 0 Å². The van der Waals surface area contributed by atoms with Crippen molar-refractivity contribution in [2.24, 2.45) is 0 Å². The second kappa shape index (κ2) is 8.82. The molecule has 2 unspecified atom stereocenters. The van der Waals surface area contributed by atoms with Crippen molar-refractivity contribution < 1.29 is 18.8 Å². The molecule has 0 amide bonds. The zero-order valence-corrected chi connectivity index (χ0v) is 10.0. The lowest BCUT2D eigenvalue weighted by Gasteiger charge is -2.10. The van der Waals surface area contributed by atoms with Crippen LogP contribution in [0.1, 0.15) is 13.3 Å². The van der Waals surface area contributed by atoms with Crippen LogP contribution in [0.4, 0.5) is 0 Å². The maximum atomic E-state index is 10.9. The third kappa shape index (κ3) is 9.84. The number of aliphatic hydroxyl groups is 1. The molecule has 0 aliphatic heterocycles. The van der Waals surface area contributed by atoms with Gasteiger partial charge in [-0.3, -0.25) is 9.00 Å². The van der Waals surface area contributed by atoms with E-state index in [0.29, 0.717) is 25.4 Å². The number of nitrogens with one attached hydrogen (secondary N) is 1. The second-order valence-electron chi connectivity index (χ2n) is 3.14. The second-order valence-corrected chi connectivity index (χ2v) is 4.70. The molecule has 0 heterocycles. The van der Waals surface area contributed by atoms with Crippen molar-refractivity contribution in [1.82, 2.24) is 5.32 Å². The van der Waals surface area contributed by atoms with Crippen LogP contribution in [0, 0.1) is 0 Å². The van der Waals surface area contributed by atoms with E-state index in [1.807, 2.05) is 0 Å². The number of carbonyl (C=O) groups is 1. The summed E-state index contributed by atoms with van der Waals surface area (Å²) in [6.45, 7) is 2.94. The van der Waals surface area contributed by atoms with E-state index in [0.717, 1.165) is 0 Å². The minimum atomic E-state index is -0.830. The van der Waals surface area contributed by atoms with E-state index in [1.54, 1.807) is 13.2 Å². The molecule has 0 saturated heterocycles. The van der Waals surface area contributed by atoms with E-state index in [-0.39, 0.29) is 6.42 Å². The van der Waals surface area contributed by atoms with Crippen LogP contribution in [0.3, 0.4) is 0 Å². The quantitative estimate of drug-likeness (QED) is 0.430. The van der Waals surface area contributed by atoms with E-state index < -0.39 is 22.9 Å². The predicted molar refractivity (Wildman–Crippen MR) is 59.1 cm³/mol. The minimum Gasteiger partial charge on any atom is -0.466 e. The highest BCUT2D eigenvalue weighted by atomic mass is 32.2. The average molecular weight is 237 g/mol. The molecule has 0 aromatic carbocycles. The summed E-state index contributed by atoms with van der Waals surface area (Å²) < 4.78 is 15.4. The number of hydrogen-bond donors (Lipinski definition) is 2. The smallest absolute Gasteiger partial charge is 0.308 e. The molecule has 0 saturated carbocycles. The minimum absolute atomic E-state index is 0.00391. The maximum absolute atomic E-state index is 10.9. The molecule has 0 fully saturated rings. The molecule has 0 bridgehead atoms. The van der Waals surface area contributed by atoms with Gasteiger partial charge >= 0.3 is 5.97 Å². The number of aliphatic hydroxyl groups excluding tert-OH is 1. The van der Waals surface area contributed by atoms with Crippen LogP contribution in [0.5, 0.6) is 0 Å². The summed E-state index contributed by atoms with van der Waals surface area (Å²) in [7, 11) is -0.830. The Morgan fingerprint density at radius 1 is 1.60 bits per heavy atom. The molecule has 2 atom stereocenters. The predicted octanol–water partition coefficient (Wildman–Crippen LogP) is -0.731. The van der Waals surface area contributed by atoms with Crippen LogP contribution >= 0.6 is 0 Å². The summed E-state index contributed by atoms with van der Waals surface area (Å²) in [6.07, 6.45) is 0.876. The Balaban J connectivity index is 3.44. The van der Waals surface area contributed by atoms with Gasteiger partial charge in [0.2, 0.25) is 0 Å². The first-order chi connectivity index (χ1) is 7.06. The van der Waals surface area contributed by atoms with Gasteiger partial charge in [-0.1, -0.05) is 0 Å². The monoisotopic (exact) mass is 237 g/mol. The number of esters is 1. The lowest BCUT2D eigenvalue weighted by atomic mass is 10.2. The van der Waals surface area contributed by atoms with Gasteiger partial charge in [-0.15, -0.1) is 0 Å². The summed E-state index contributed by atoms with van der Waals surface area (Å²) in [5, 5.41) is 12.3. The molecule has 5 nitrogen and oxygen atoms in total. The summed E-state index contributed by atoms with van der Waals surface area (Å²) in [5.74, 6) is 0.150. The van der Waals surface area contributed by atoms with Crippen LogP contribution < -0.4 is 5.32 Å². The maximum Gasteiger partial charge on any atom is 0.308 e. The van der Waals surface area contributed by atoms with E-state index in [9.17, 15) is 14.1 Å². The summed E-state index contributed by atoms with van der Waals surface area (Å²) in [5.41, 5.74) is 0. The van der Waals surface area contributed by atoms with Gasteiger partial charge < -0.3 is 15.2 Å². The first kappa shape index (κ1) is 14.5. The lowest BCUT2D eigenvalue weighted by Crippen LogP contribution is -2.31. The molecule has 6 heteroatoms. The highest BCUT2D eigenvalue weighted by molar-refractivity contribution is 7.84. The van der Waals surface area contributed by atoms with E-state index in [1.165, 1.54) is 0 Å². The molecule has 0 rings (SSSR count). The fraction of sp³-hybridized carbons (Fsp3) is 0.889. The molecular formula is C9H19NO4S. The molecular weight excluding hydrogens is 218 g/mol. The summed E-state index contributed by atoms with van der Waals surface area (Å²) >= 11 is 0. The van der Waals surface area contributed by atoms with E-state index in [2.05, 4.69) is 10.1 Å². The van der Waals surface area contributed by atoms with Crippen molar-refractivity contribution in [3.05, 3.63) is 0 Å². The van der Waals surface area contributed by atoms with Crippen molar-refractivity contribution >= 4 is 16.8 Å². The zero-order chi connectivity index (χ0) is 11.7. The van der Waals surface area contributed by atoms with Gasteiger partial charge in [-0.05, 0) is 6.92 Å². The van der Waals surface area contributed by atoms with E-state index in [4.69, 9.17) is 0 Å². The van der Waals surface area contributed by atoms with Crippen molar-refractivity contribution in [2.45, 2.75) is 19.4 Å². The topological polar surface area (TPSA) is 75.6 Å². The lowest BCUT2D eigenvalue weighted by molar-refractivity contribution is -0.145. The van der Waals surface area contributed by atoms with Gasteiger partial charge in [0, 0.05) is 35.9 Å². The molecule has 0 aliphatic carbocycles. The van der Waals surface area contributed by atoms with Gasteiger partial charge in [-0.2, -0.15) is 0 Å². The normalized spacial score (nSPS) is 14.6. The Hall–Kier alpha value is -0.460. The van der Waals surface area contributed by atoms with Crippen LogP contribution in [-0.2, 0) is 20.3 Å². The van der Waals surface area contributed by atoms with Crippen molar-refractivity contribution in [3.8, 4) is 0 Å². The third-order valence-corrected chi connectivity index (χ3v) is 2.43. The SMILES string of the molecule is CCOC(=O)CC(O)CNCCS(C)=O. The molecule has 0 radical (unpaired) electrons. The fourth-order valence-corrected chi connectivity index (χ4v) is 1.40. The Bertz CT molecular complexity index is 210. The largest absolute Gasteiger partial charge is 0.466 e. The molecule has 0 aliphatic rings. The first-order valence-electron chi connectivity index (χ1n) is 4.90. The van der Waals surface area contributed by atoms with Crippen LogP contribution in [-0.4, -0.2) is 53.1 Å². The van der Waals surface area contributed by atoms with Crippen LogP contribution in [0.25, 0.3) is 0 Å². The summed E-state index contributed by atoms with van der Waals surface area (Å²) in [6, 6.07) is 0. The number of carbonyl (C=O) groups excluding carboxylic acids is 1. The number of hydrogen-bond acceptors (Lipinski definition) is 5. The summed E-state index contributed by atoms with van der Waals surface area (Å²) in [4.78, 5) is 10.9. The van der Waals surface area contributed by atoms with Gasteiger partial charge in [0.05, 0.1) is 19.1 Å². The average Bonchev–Trinajstić information content (AvgIpc) is 2.12. The van der Waals surface area contributed by atoms with Crippen LogP contribution in [0.2, 0.25) is 0 Å². The Kier molecular flexibility index (Phi) is 8.55. The standard InChI is InChI=1S/C9H19NO4S/c1-3-14-9(12)6-8(11)7-10-4-5-15(2)13/h8,10-11H,3-7H2,1-2H3. The Labute approximate surface area is 92.7 Å². The van der Waals surface area contributed by atoms with Gasteiger partial charge in [-0.25, -0.2) is 0 Å². The van der Waals surface area contributed by atoms with Crippen molar-refractivity contribution in [3.63, 3.8) is 0 Å². The molecule has 0 aromatic rings. The van der Waals surface area contributed by atoms with Gasteiger partial charge in [0.15, 0.2) is 0 Å². The third-order valence-electron chi connectivity index (χ3n) is 1.65. The number of rotatable bonds is 8. The van der Waals surface area contributed by atoms with Crippen LogP contribution in [0.15, 0.2) is 0 Å². The molecule has 15 heavy (non-hydrogen) atoms. The van der Waals surface area contributed by atoms with Crippen molar-refractivity contribution in [2.75, 3.05) is 31.7 Å². The highest BCUT2D eigenvalue weighted by Crippen LogP contribution is 1.93. The Morgan fingerprint density at radius 3 is 2.80 bits per heavy atom.